The van der Waals surface area contributed by atoms with Crippen LogP contribution in [0.25, 0.3) is 0 Å². The largest absolute Gasteiger partial charge is 0.458 e. The van der Waals surface area contributed by atoms with Gasteiger partial charge >= 0.3 is 23.9 Å². The Hall–Kier alpha value is -3.68. The first-order chi connectivity index (χ1) is 18.0. The van der Waals surface area contributed by atoms with E-state index in [1.54, 1.807) is 13.8 Å². The first-order valence-electron chi connectivity index (χ1n) is 13.0. The zero-order valence-corrected chi connectivity index (χ0v) is 21.9. The van der Waals surface area contributed by atoms with Gasteiger partial charge in [0.05, 0.1) is 11.1 Å². The van der Waals surface area contributed by atoms with Gasteiger partial charge in [-0.25, -0.2) is 9.59 Å². The number of hydrogen-bond acceptors (Lipinski definition) is 8. The molecule has 2 spiro atoms. The Kier molecular flexibility index (Phi) is 6.53. The van der Waals surface area contributed by atoms with E-state index < -0.39 is 35.3 Å². The maximum Gasteiger partial charge on any atom is 0.338 e. The van der Waals surface area contributed by atoms with E-state index in [0.717, 1.165) is 12.8 Å². The van der Waals surface area contributed by atoms with E-state index in [2.05, 4.69) is 36.5 Å². The van der Waals surface area contributed by atoms with Crippen molar-refractivity contribution in [2.45, 2.75) is 63.9 Å². The molecular weight excluding hydrogens is 488 g/mol. The molecule has 8 unspecified atom stereocenters. The molecule has 0 radical (unpaired) electrons. The summed E-state index contributed by atoms with van der Waals surface area (Å²) in [5.74, 6) is -0.402. The van der Waals surface area contributed by atoms with Crippen molar-refractivity contribution in [3.63, 3.8) is 0 Å². The second-order valence-electron chi connectivity index (χ2n) is 10.6. The van der Waals surface area contributed by atoms with Crippen LogP contribution in [-0.2, 0) is 38.1 Å². The Morgan fingerprint density at radius 3 is 1.53 bits per heavy atom. The van der Waals surface area contributed by atoms with Crippen molar-refractivity contribution < 1.29 is 38.1 Å². The molecule has 0 bridgehead atoms. The van der Waals surface area contributed by atoms with Crippen molar-refractivity contribution in [2.24, 2.45) is 23.7 Å². The van der Waals surface area contributed by atoms with Crippen LogP contribution < -0.4 is 0 Å². The highest BCUT2D eigenvalue weighted by atomic mass is 16.6. The van der Waals surface area contributed by atoms with Gasteiger partial charge in [-0.15, -0.1) is 0 Å². The number of hydrogen-bond donors (Lipinski definition) is 0. The summed E-state index contributed by atoms with van der Waals surface area (Å²) in [6.07, 6.45) is 21.1. The minimum absolute atomic E-state index is 0.179. The van der Waals surface area contributed by atoms with Crippen LogP contribution >= 0.6 is 0 Å². The van der Waals surface area contributed by atoms with E-state index in [1.807, 2.05) is 24.3 Å². The van der Waals surface area contributed by atoms with Crippen LogP contribution in [0.2, 0.25) is 0 Å². The highest BCUT2D eigenvalue weighted by Gasteiger charge is 2.52. The third-order valence-electron chi connectivity index (χ3n) is 8.01. The third-order valence-corrected chi connectivity index (χ3v) is 8.01. The van der Waals surface area contributed by atoms with Gasteiger partial charge in [0, 0.05) is 25.7 Å². The fraction of sp³-hybridized carbons (Fsp3) is 0.467. The summed E-state index contributed by atoms with van der Waals surface area (Å²) < 4.78 is 21.3. The van der Waals surface area contributed by atoms with Gasteiger partial charge in [-0.05, 0) is 62.8 Å². The van der Waals surface area contributed by atoms with Crippen LogP contribution in [0, 0.1) is 23.7 Å². The van der Waals surface area contributed by atoms with Crippen LogP contribution in [0.5, 0.6) is 0 Å². The summed E-state index contributed by atoms with van der Waals surface area (Å²) in [5, 5.41) is 0. The smallest absolute Gasteiger partial charge is 0.338 e. The van der Waals surface area contributed by atoms with Gasteiger partial charge in [0.2, 0.25) is 0 Å². The van der Waals surface area contributed by atoms with Crippen molar-refractivity contribution >= 4 is 23.9 Å². The topological polar surface area (TPSA) is 105 Å². The molecule has 6 rings (SSSR count). The average molecular weight is 521 g/mol. The summed E-state index contributed by atoms with van der Waals surface area (Å²) in [5.41, 5.74) is -0.474. The Bertz CT molecular complexity index is 1150. The van der Waals surface area contributed by atoms with Crippen LogP contribution in [0.15, 0.2) is 71.9 Å². The van der Waals surface area contributed by atoms with Crippen LogP contribution in [0.4, 0.5) is 0 Å². The van der Waals surface area contributed by atoms with Gasteiger partial charge in [-0.2, -0.15) is 0 Å². The number of allylic oxidation sites excluding steroid dienone is 4. The monoisotopic (exact) mass is 520 g/mol. The molecule has 4 aliphatic carbocycles. The first-order valence-corrected chi connectivity index (χ1v) is 13.0. The number of carbonyl (C=O) groups is 4. The van der Waals surface area contributed by atoms with Crippen molar-refractivity contribution in [3.05, 3.63) is 71.9 Å². The fourth-order valence-electron chi connectivity index (χ4n) is 6.27. The van der Waals surface area contributed by atoms with E-state index in [4.69, 9.17) is 18.9 Å². The summed E-state index contributed by atoms with van der Waals surface area (Å²) in [6.45, 7) is 6.04. The standard InChI is InChI=1S/2C15H16O4/c2*1-9(18-10(2)16)12-8-15(19-14(12)17)7-6-11-4-3-5-13(11)15/h2*3,5-9,11,13H,4H2,1-2H3. The van der Waals surface area contributed by atoms with E-state index >= 15 is 0 Å². The Balaban J connectivity index is 0.000000155. The van der Waals surface area contributed by atoms with Gasteiger partial charge in [-0.3, -0.25) is 9.59 Å². The zero-order valence-electron chi connectivity index (χ0n) is 21.9. The summed E-state index contributed by atoms with van der Waals surface area (Å²) in [6, 6.07) is 0. The summed E-state index contributed by atoms with van der Waals surface area (Å²) in [7, 11) is 0. The van der Waals surface area contributed by atoms with Gasteiger partial charge in [-0.1, -0.05) is 36.5 Å². The van der Waals surface area contributed by atoms with Gasteiger partial charge in [0.1, 0.15) is 12.2 Å². The molecule has 0 saturated carbocycles. The molecule has 38 heavy (non-hydrogen) atoms. The van der Waals surface area contributed by atoms with Crippen molar-refractivity contribution in [1.82, 2.24) is 0 Å². The lowest BCUT2D eigenvalue weighted by molar-refractivity contribution is -0.151. The molecule has 8 nitrogen and oxygen atoms in total. The number of esters is 4. The van der Waals surface area contributed by atoms with Crippen LogP contribution in [0.1, 0.15) is 40.5 Å². The number of carbonyl (C=O) groups excluding carboxylic acids is 4. The molecule has 0 aromatic heterocycles. The Morgan fingerprint density at radius 2 is 1.16 bits per heavy atom. The molecule has 8 heteroatoms. The summed E-state index contributed by atoms with van der Waals surface area (Å²) >= 11 is 0. The van der Waals surface area contributed by atoms with E-state index in [9.17, 15) is 19.2 Å². The molecule has 2 aliphatic heterocycles. The highest BCUT2D eigenvalue weighted by Crippen LogP contribution is 2.49. The lowest BCUT2D eigenvalue weighted by Crippen LogP contribution is -2.32. The molecule has 0 aromatic rings. The second kappa shape index (κ2) is 9.57. The van der Waals surface area contributed by atoms with Crippen LogP contribution in [0.3, 0.4) is 0 Å². The van der Waals surface area contributed by atoms with Crippen LogP contribution in [-0.4, -0.2) is 47.3 Å². The van der Waals surface area contributed by atoms with Gasteiger partial charge in [0.25, 0.3) is 0 Å². The average Bonchev–Trinajstić information content (AvgIpc) is 3.64. The van der Waals surface area contributed by atoms with Crippen molar-refractivity contribution in [3.8, 4) is 0 Å². The Labute approximate surface area is 221 Å². The molecule has 0 amide bonds. The molecule has 0 saturated heterocycles. The summed E-state index contributed by atoms with van der Waals surface area (Å²) in [4.78, 5) is 46.0. The normalized spacial score (nSPS) is 36.3. The second-order valence-corrected chi connectivity index (χ2v) is 10.6. The Morgan fingerprint density at radius 1 is 0.763 bits per heavy atom. The minimum Gasteiger partial charge on any atom is -0.458 e. The first kappa shape index (κ1) is 25.9. The molecule has 200 valence electrons. The van der Waals surface area contributed by atoms with E-state index in [0.29, 0.717) is 23.0 Å². The zero-order chi connectivity index (χ0) is 27.2. The van der Waals surface area contributed by atoms with Gasteiger partial charge in [0.15, 0.2) is 11.2 Å². The van der Waals surface area contributed by atoms with Gasteiger partial charge < -0.3 is 18.9 Å². The predicted octanol–water partition coefficient (Wildman–Crippen LogP) is 3.84. The molecule has 0 fully saturated rings. The number of ether oxygens (including phenoxy) is 4. The highest BCUT2D eigenvalue weighted by molar-refractivity contribution is 5.94. The molecule has 2 heterocycles. The lowest BCUT2D eigenvalue weighted by atomic mass is 9.86. The van der Waals surface area contributed by atoms with E-state index in [-0.39, 0.29) is 23.8 Å². The quantitative estimate of drug-likeness (QED) is 0.313. The van der Waals surface area contributed by atoms with E-state index in [1.165, 1.54) is 13.8 Å². The molecule has 0 aromatic carbocycles. The maximum atomic E-state index is 12.0. The number of fused-ring (bicyclic) bond motifs is 4. The SMILES string of the molecule is CC(=O)OC(C)C1=CC2(C=CC3CC=CC32)OC1=O.CC(=O)OC(C)C1=CC2(C=CC3CC=CC32)OC1=O. The molecular formula is C30H32O8. The van der Waals surface area contributed by atoms with Crippen molar-refractivity contribution in [2.75, 3.05) is 0 Å². The lowest BCUT2D eigenvalue weighted by Gasteiger charge is -2.26. The molecule has 0 N–H and O–H groups in total. The fourth-order valence-corrected chi connectivity index (χ4v) is 6.27. The van der Waals surface area contributed by atoms with Crippen molar-refractivity contribution in [1.29, 1.82) is 0 Å². The predicted molar refractivity (Wildman–Crippen MR) is 136 cm³/mol. The molecule has 6 aliphatic rings. The third kappa shape index (κ3) is 4.46. The number of rotatable bonds is 4. The maximum absolute atomic E-state index is 12.0. The molecule has 8 atom stereocenters. The minimum atomic E-state index is -0.668.